The van der Waals surface area contributed by atoms with Crippen molar-refractivity contribution >= 4 is 26.6 Å². The third kappa shape index (κ3) is 6.62. The Labute approximate surface area is 92.2 Å². The van der Waals surface area contributed by atoms with Crippen molar-refractivity contribution in [2.24, 2.45) is 0 Å². The molecular formula is C8H16O5S2. The summed E-state index contributed by atoms with van der Waals surface area (Å²) in [6.07, 6.45) is -0.196. The Morgan fingerprint density at radius 1 is 1.47 bits per heavy atom. The predicted octanol–water partition coefficient (Wildman–Crippen LogP) is 0.0330. The van der Waals surface area contributed by atoms with Crippen LogP contribution in [-0.4, -0.2) is 46.2 Å². The van der Waals surface area contributed by atoms with Gasteiger partial charge >= 0.3 is 5.97 Å². The van der Waals surface area contributed by atoms with Crippen molar-refractivity contribution in [2.75, 3.05) is 17.3 Å². The first-order valence-corrected chi connectivity index (χ1v) is 7.78. The number of rotatable bonds is 7. The Hall–Kier alpha value is -0.430. The molecule has 5 nitrogen and oxygen atoms in total. The van der Waals surface area contributed by atoms with Gasteiger partial charge in [0.25, 0.3) is 0 Å². The molecule has 0 saturated heterocycles. The molecule has 0 amide bonds. The molecule has 0 radical (unpaired) electrons. The SMILES string of the molecule is CCS(=O)(=O)CCS(=O)C(C)CC(=O)O. The van der Waals surface area contributed by atoms with Crippen molar-refractivity contribution in [3.05, 3.63) is 0 Å². The first-order chi connectivity index (χ1) is 6.78. The number of hydrogen-bond acceptors (Lipinski definition) is 4. The van der Waals surface area contributed by atoms with E-state index in [4.69, 9.17) is 5.11 Å². The van der Waals surface area contributed by atoms with E-state index < -0.39 is 31.9 Å². The molecule has 0 aliphatic carbocycles. The lowest BCUT2D eigenvalue weighted by Crippen LogP contribution is -2.23. The van der Waals surface area contributed by atoms with Crippen LogP contribution in [0.25, 0.3) is 0 Å². The van der Waals surface area contributed by atoms with Gasteiger partial charge in [0.2, 0.25) is 0 Å². The number of aliphatic carboxylic acids is 1. The number of sulfone groups is 1. The third-order valence-electron chi connectivity index (χ3n) is 1.95. The molecule has 0 aliphatic rings. The highest BCUT2D eigenvalue weighted by Crippen LogP contribution is 2.03. The summed E-state index contributed by atoms with van der Waals surface area (Å²) in [5.74, 6) is -1.11. The first kappa shape index (κ1) is 14.6. The minimum atomic E-state index is -3.12. The highest BCUT2D eigenvalue weighted by Gasteiger charge is 2.17. The van der Waals surface area contributed by atoms with Crippen LogP contribution in [0.5, 0.6) is 0 Å². The van der Waals surface area contributed by atoms with Crippen LogP contribution >= 0.6 is 0 Å². The predicted molar refractivity (Wildman–Crippen MR) is 59.1 cm³/mol. The van der Waals surface area contributed by atoms with Crippen LogP contribution in [-0.2, 0) is 25.4 Å². The molecule has 0 heterocycles. The lowest BCUT2D eigenvalue weighted by molar-refractivity contribution is -0.136. The average Bonchev–Trinajstić information content (AvgIpc) is 2.13. The van der Waals surface area contributed by atoms with Gasteiger partial charge in [0.05, 0.1) is 12.2 Å². The zero-order valence-corrected chi connectivity index (χ0v) is 10.4. The van der Waals surface area contributed by atoms with Crippen LogP contribution in [0.15, 0.2) is 0 Å². The molecule has 0 aromatic rings. The number of hydrogen-bond donors (Lipinski definition) is 1. The van der Waals surface area contributed by atoms with Gasteiger partial charge in [-0.05, 0) is 0 Å². The van der Waals surface area contributed by atoms with Crippen LogP contribution in [0.4, 0.5) is 0 Å². The van der Waals surface area contributed by atoms with Gasteiger partial charge < -0.3 is 5.11 Å². The van der Waals surface area contributed by atoms with Crippen molar-refractivity contribution in [3.63, 3.8) is 0 Å². The molecule has 0 aliphatic heterocycles. The van der Waals surface area contributed by atoms with E-state index in [2.05, 4.69) is 0 Å². The quantitative estimate of drug-likeness (QED) is 0.694. The summed E-state index contributed by atoms with van der Waals surface area (Å²) in [6.45, 7) is 3.07. The van der Waals surface area contributed by atoms with Gasteiger partial charge in [-0.25, -0.2) is 8.42 Å². The van der Waals surface area contributed by atoms with Gasteiger partial charge in [-0.2, -0.15) is 0 Å². The van der Waals surface area contributed by atoms with E-state index in [9.17, 15) is 17.4 Å². The summed E-state index contributed by atoms with van der Waals surface area (Å²) in [7, 11) is -4.51. The second-order valence-corrected chi connectivity index (χ2v) is 7.68. The molecule has 0 bridgehead atoms. The van der Waals surface area contributed by atoms with Gasteiger partial charge in [0.15, 0.2) is 9.84 Å². The number of carbonyl (C=O) groups is 1. The first-order valence-electron chi connectivity index (χ1n) is 4.58. The van der Waals surface area contributed by atoms with Gasteiger partial charge in [-0.3, -0.25) is 9.00 Å². The van der Waals surface area contributed by atoms with E-state index >= 15 is 0 Å². The second kappa shape index (κ2) is 6.22. The minimum absolute atomic E-state index is 0.0185. The normalized spacial score (nSPS) is 15.9. The maximum atomic E-state index is 11.4. The lowest BCUT2D eigenvalue weighted by Gasteiger charge is -2.08. The van der Waals surface area contributed by atoms with Crippen molar-refractivity contribution in [2.45, 2.75) is 25.5 Å². The van der Waals surface area contributed by atoms with Crippen molar-refractivity contribution in [1.29, 1.82) is 0 Å². The number of carboxylic acids is 1. The zero-order chi connectivity index (χ0) is 12.1. The standard InChI is InChI=1S/C8H16O5S2/c1-3-15(12,13)5-4-14(11)7(2)6-8(9)10/h7H,3-6H2,1-2H3,(H,9,10). The smallest absolute Gasteiger partial charge is 0.304 e. The largest absolute Gasteiger partial charge is 0.481 e. The molecule has 2 unspecified atom stereocenters. The fraction of sp³-hybridized carbons (Fsp3) is 0.875. The monoisotopic (exact) mass is 256 g/mol. The van der Waals surface area contributed by atoms with Gasteiger partial charge in [0, 0.05) is 27.6 Å². The lowest BCUT2D eigenvalue weighted by atomic mass is 10.3. The molecule has 15 heavy (non-hydrogen) atoms. The average molecular weight is 256 g/mol. The molecule has 2 atom stereocenters. The molecule has 90 valence electrons. The van der Waals surface area contributed by atoms with Crippen LogP contribution in [0.3, 0.4) is 0 Å². The second-order valence-electron chi connectivity index (χ2n) is 3.23. The molecule has 7 heteroatoms. The van der Waals surface area contributed by atoms with Crippen LogP contribution < -0.4 is 0 Å². The molecule has 0 saturated carbocycles. The van der Waals surface area contributed by atoms with E-state index in [0.29, 0.717) is 0 Å². The van der Waals surface area contributed by atoms with E-state index in [1.165, 1.54) is 6.92 Å². The fourth-order valence-corrected chi connectivity index (χ4v) is 3.59. The van der Waals surface area contributed by atoms with Crippen molar-refractivity contribution in [1.82, 2.24) is 0 Å². The number of carboxylic acid groups (broad SMARTS) is 1. The van der Waals surface area contributed by atoms with Gasteiger partial charge in [-0.15, -0.1) is 0 Å². The fourth-order valence-electron chi connectivity index (χ4n) is 0.893. The van der Waals surface area contributed by atoms with Gasteiger partial charge in [-0.1, -0.05) is 13.8 Å². The van der Waals surface area contributed by atoms with Crippen molar-refractivity contribution in [3.8, 4) is 0 Å². The Morgan fingerprint density at radius 3 is 2.40 bits per heavy atom. The highest BCUT2D eigenvalue weighted by molar-refractivity contribution is 7.93. The van der Waals surface area contributed by atoms with Crippen LogP contribution in [0.2, 0.25) is 0 Å². The Morgan fingerprint density at radius 2 is 2.00 bits per heavy atom. The third-order valence-corrected chi connectivity index (χ3v) is 5.58. The maximum Gasteiger partial charge on any atom is 0.304 e. The summed E-state index contributed by atoms with van der Waals surface area (Å²) in [4.78, 5) is 10.3. The minimum Gasteiger partial charge on any atom is -0.481 e. The topological polar surface area (TPSA) is 88.5 Å². The Balaban J connectivity index is 4.10. The summed E-state index contributed by atoms with van der Waals surface area (Å²) >= 11 is 0. The molecular weight excluding hydrogens is 240 g/mol. The molecule has 0 fully saturated rings. The van der Waals surface area contributed by atoms with Crippen molar-refractivity contribution < 1.29 is 22.5 Å². The molecule has 0 rings (SSSR count). The summed E-state index contributed by atoms with van der Waals surface area (Å²) in [5, 5.41) is 7.95. The molecule has 0 spiro atoms. The highest BCUT2D eigenvalue weighted by atomic mass is 32.2. The Bertz CT molecular complexity index is 333. The van der Waals surface area contributed by atoms with Gasteiger partial charge in [0.1, 0.15) is 0 Å². The molecule has 0 aromatic heterocycles. The molecule has 1 N–H and O–H groups in total. The van der Waals surface area contributed by atoms with Crippen LogP contribution in [0.1, 0.15) is 20.3 Å². The van der Waals surface area contributed by atoms with E-state index in [1.807, 2.05) is 0 Å². The van der Waals surface area contributed by atoms with E-state index in [1.54, 1.807) is 6.92 Å². The van der Waals surface area contributed by atoms with Crippen LogP contribution in [0, 0.1) is 0 Å². The summed E-state index contributed by atoms with van der Waals surface area (Å²) < 4.78 is 33.6. The maximum absolute atomic E-state index is 11.4. The van der Waals surface area contributed by atoms with E-state index in [-0.39, 0.29) is 23.7 Å². The van der Waals surface area contributed by atoms with E-state index in [0.717, 1.165) is 0 Å². The Kier molecular flexibility index (Phi) is 6.04. The summed E-state index contributed by atoms with van der Waals surface area (Å²) in [6, 6.07) is 0. The zero-order valence-electron chi connectivity index (χ0n) is 8.80. The summed E-state index contributed by atoms with van der Waals surface area (Å²) in [5.41, 5.74) is 0. The molecule has 0 aromatic carbocycles.